The van der Waals surface area contributed by atoms with Crippen molar-refractivity contribution in [3.05, 3.63) is 36.2 Å². The standard InChI is InChI=1S/C22H21F2N5O5/c1-22(2,3)20(32)33-10-29-9-13(19(30)31)17-18(29)25-8-14(26-17)16-12-7-11(34-21(23)24)5-6-15(12)28(4)27-16/h5-9,21H,10H2,1-4H3,(H,30,31). The van der Waals surface area contributed by atoms with E-state index in [1.807, 2.05) is 0 Å². The Hall–Kier alpha value is -4.09. The van der Waals surface area contributed by atoms with Gasteiger partial charge in [-0.3, -0.25) is 14.0 Å². The van der Waals surface area contributed by atoms with Gasteiger partial charge in [0.15, 0.2) is 12.4 Å². The van der Waals surface area contributed by atoms with E-state index < -0.39 is 24.0 Å². The molecular weight excluding hydrogens is 452 g/mol. The number of hydrogen-bond acceptors (Lipinski definition) is 7. The van der Waals surface area contributed by atoms with Gasteiger partial charge in [0.2, 0.25) is 0 Å². The van der Waals surface area contributed by atoms with Gasteiger partial charge in [0, 0.05) is 18.6 Å². The maximum absolute atomic E-state index is 12.7. The van der Waals surface area contributed by atoms with Gasteiger partial charge in [-0.15, -0.1) is 0 Å². The first kappa shape index (κ1) is 23.1. The van der Waals surface area contributed by atoms with E-state index in [0.717, 1.165) is 0 Å². The lowest BCUT2D eigenvalue weighted by molar-refractivity contribution is -0.156. The van der Waals surface area contributed by atoms with E-state index in [9.17, 15) is 23.5 Å². The molecule has 178 valence electrons. The number of hydrogen-bond donors (Lipinski definition) is 1. The summed E-state index contributed by atoms with van der Waals surface area (Å²) in [5.74, 6) is -1.75. The molecule has 0 spiro atoms. The lowest BCUT2D eigenvalue weighted by Crippen LogP contribution is -2.24. The zero-order valence-corrected chi connectivity index (χ0v) is 18.7. The number of carboxylic acid groups (broad SMARTS) is 1. The van der Waals surface area contributed by atoms with E-state index in [1.54, 1.807) is 33.9 Å². The van der Waals surface area contributed by atoms with Gasteiger partial charge in [-0.25, -0.2) is 14.8 Å². The zero-order valence-electron chi connectivity index (χ0n) is 18.7. The summed E-state index contributed by atoms with van der Waals surface area (Å²) in [6, 6.07) is 4.39. The Morgan fingerprint density at radius 1 is 1.24 bits per heavy atom. The highest BCUT2D eigenvalue weighted by atomic mass is 19.3. The third kappa shape index (κ3) is 4.26. The van der Waals surface area contributed by atoms with Crippen molar-refractivity contribution in [1.82, 2.24) is 24.3 Å². The van der Waals surface area contributed by atoms with Crippen LogP contribution in [0.3, 0.4) is 0 Å². The van der Waals surface area contributed by atoms with Crippen LogP contribution in [0.2, 0.25) is 0 Å². The highest BCUT2D eigenvalue weighted by molar-refractivity contribution is 6.01. The third-order valence-electron chi connectivity index (χ3n) is 5.03. The number of benzene rings is 1. The summed E-state index contributed by atoms with van der Waals surface area (Å²) in [7, 11) is 1.67. The fraction of sp³-hybridized carbons (Fsp3) is 0.318. The summed E-state index contributed by atoms with van der Waals surface area (Å²) in [6.07, 6.45) is 2.68. The number of carboxylic acids is 1. The number of alkyl halides is 2. The normalized spacial score (nSPS) is 12.0. The molecule has 4 aromatic rings. The summed E-state index contributed by atoms with van der Waals surface area (Å²) in [5.41, 5.74) is 0.570. The van der Waals surface area contributed by atoms with Crippen LogP contribution < -0.4 is 4.74 Å². The smallest absolute Gasteiger partial charge is 0.387 e. The fourth-order valence-corrected chi connectivity index (χ4v) is 3.38. The van der Waals surface area contributed by atoms with Gasteiger partial charge in [0.25, 0.3) is 0 Å². The van der Waals surface area contributed by atoms with Gasteiger partial charge in [-0.2, -0.15) is 13.9 Å². The minimum absolute atomic E-state index is 0.0520. The number of nitrogens with zero attached hydrogens (tertiary/aromatic N) is 5. The number of aromatic carboxylic acids is 1. The van der Waals surface area contributed by atoms with Crippen LogP contribution >= 0.6 is 0 Å². The molecule has 0 saturated heterocycles. The van der Waals surface area contributed by atoms with Gasteiger partial charge >= 0.3 is 18.6 Å². The molecule has 1 N–H and O–H groups in total. The summed E-state index contributed by atoms with van der Waals surface area (Å²) in [6.45, 7) is 1.88. The lowest BCUT2D eigenvalue weighted by Gasteiger charge is -2.16. The van der Waals surface area contributed by atoms with Gasteiger partial charge < -0.3 is 14.6 Å². The van der Waals surface area contributed by atoms with Crippen molar-refractivity contribution in [2.45, 2.75) is 34.1 Å². The Labute approximate surface area is 191 Å². The molecule has 0 amide bonds. The number of halogens is 2. The Kier molecular flexibility index (Phi) is 5.67. The minimum Gasteiger partial charge on any atom is -0.478 e. The quantitative estimate of drug-likeness (QED) is 0.420. The highest BCUT2D eigenvalue weighted by Crippen LogP contribution is 2.31. The molecule has 0 unspecified atom stereocenters. The first-order valence-electron chi connectivity index (χ1n) is 10.1. The molecule has 10 nitrogen and oxygen atoms in total. The van der Waals surface area contributed by atoms with E-state index in [0.29, 0.717) is 16.6 Å². The number of carbonyl (C=O) groups excluding carboxylic acids is 1. The molecule has 4 rings (SSSR count). The van der Waals surface area contributed by atoms with E-state index in [2.05, 4.69) is 19.8 Å². The number of aromatic nitrogens is 5. The molecule has 0 fully saturated rings. The Morgan fingerprint density at radius 2 is 1.97 bits per heavy atom. The van der Waals surface area contributed by atoms with E-state index in [1.165, 1.54) is 33.8 Å². The van der Waals surface area contributed by atoms with E-state index in [-0.39, 0.29) is 34.9 Å². The van der Waals surface area contributed by atoms with E-state index >= 15 is 0 Å². The SMILES string of the molecule is Cn1nc(-c2cnc3c(n2)c(C(=O)O)cn3COC(=O)C(C)(C)C)c2cc(OC(F)F)ccc21. The maximum Gasteiger partial charge on any atom is 0.387 e. The molecule has 1 aromatic carbocycles. The second-order valence-electron chi connectivity index (χ2n) is 8.59. The second kappa shape index (κ2) is 8.36. The molecule has 0 atom stereocenters. The van der Waals surface area contributed by atoms with Crippen LogP contribution in [0.25, 0.3) is 33.5 Å². The molecule has 0 aliphatic heterocycles. The fourth-order valence-electron chi connectivity index (χ4n) is 3.38. The molecular formula is C22H21F2N5O5. The second-order valence-corrected chi connectivity index (χ2v) is 8.59. The molecule has 0 saturated carbocycles. The topological polar surface area (TPSA) is 121 Å². The maximum atomic E-state index is 12.7. The number of carbonyl (C=O) groups is 2. The van der Waals surface area contributed by atoms with Gasteiger partial charge in [-0.05, 0) is 39.0 Å². The van der Waals surface area contributed by atoms with Crippen molar-refractivity contribution in [3.8, 4) is 17.1 Å². The van der Waals surface area contributed by atoms with Crippen molar-refractivity contribution < 1.29 is 33.0 Å². The van der Waals surface area contributed by atoms with Crippen LogP contribution in [0.4, 0.5) is 8.78 Å². The average molecular weight is 473 g/mol. The van der Waals surface area contributed by atoms with Gasteiger partial charge in [-0.1, -0.05) is 0 Å². The largest absolute Gasteiger partial charge is 0.478 e. The first-order chi connectivity index (χ1) is 16.0. The average Bonchev–Trinajstić information content (AvgIpc) is 3.28. The number of rotatable bonds is 6. The molecule has 0 radical (unpaired) electrons. The van der Waals surface area contributed by atoms with Crippen LogP contribution in [0, 0.1) is 5.41 Å². The zero-order chi connectivity index (χ0) is 24.8. The van der Waals surface area contributed by atoms with Gasteiger partial charge in [0.05, 0.1) is 17.1 Å². The van der Waals surface area contributed by atoms with Gasteiger partial charge in [0.1, 0.15) is 28.2 Å². The predicted molar refractivity (Wildman–Crippen MR) is 116 cm³/mol. The molecule has 34 heavy (non-hydrogen) atoms. The summed E-state index contributed by atoms with van der Waals surface area (Å²) in [4.78, 5) is 32.7. The van der Waals surface area contributed by atoms with Crippen molar-refractivity contribution in [2.75, 3.05) is 0 Å². The van der Waals surface area contributed by atoms with Crippen molar-refractivity contribution in [3.63, 3.8) is 0 Å². The van der Waals surface area contributed by atoms with Crippen LogP contribution in [0.1, 0.15) is 31.1 Å². The molecule has 0 aliphatic rings. The predicted octanol–water partition coefficient (Wildman–Crippen LogP) is 3.83. The molecule has 3 heterocycles. The van der Waals surface area contributed by atoms with E-state index in [4.69, 9.17) is 4.74 Å². The molecule has 0 aliphatic carbocycles. The third-order valence-corrected chi connectivity index (χ3v) is 5.03. The number of esters is 1. The first-order valence-corrected chi connectivity index (χ1v) is 10.1. The van der Waals surface area contributed by atoms with Crippen LogP contribution in [-0.2, 0) is 23.3 Å². The summed E-state index contributed by atoms with van der Waals surface area (Å²) < 4.78 is 38.0. The van der Waals surface area contributed by atoms with Crippen molar-refractivity contribution in [2.24, 2.45) is 12.5 Å². The van der Waals surface area contributed by atoms with Crippen LogP contribution in [0.15, 0.2) is 30.6 Å². The number of ether oxygens (including phenoxy) is 2. The van der Waals surface area contributed by atoms with Crippen molar-refractivity contribution >= 4 is 34.0 Å². The van der Waals surface area contributed by atoms with Crippen LogP contribution in [-0.4, -0.2) is 48.0 Å². The Balaban J connectivity index is 1.79. The molecule has 12 heteroatoms. The lowest BCUT2D eigenvalue weighted by atomic mass is 9.98. The Morgan fingerprint density at radius 3 is 2.62 bits per heavy atom. The minimum atomic E-state index is -2.99. The van der Waals surface area contributed by atoms with Crippen LogP contribution in [0.5, 0.6) is 5.75 Å². The summed E-state index contributed by atoms with van der Waals surface area (Å²) >= 11 is 0. The molecule has 3 aromatic heterocycles. The Bertz CT molecular complexity index is 1420. The highest BCUT2D eigenvalue weighted by Gasteiger charge is 2.25. The number of fused-ring (bicyclic) bond motifs is 2. The number of aryl methyl sites for hydroxylation is 1. The molecule has 0 bridgehead atoms. The summed E-state index contributed by atoms with van der Waals surface area (Å²) in [5, 5.41) is 14.5. The monoisotopic (exact) mass is 473 g/mol. The van der Waals surface area contributed by atoms with Crippen molar-refractivity contribution in [1.29, 1.82) is 0 Å².